The van der Waals surface area contributed by atoms with Crippen LogP contribution < -0.4 is 0 Å². The Balaban J connectivity index is 2.12. The van der Waals surface area contributed by atoms with Crippen molar-refractivity contribution in [2.75, 3.05) is 6.26 Å². The summed E-state index contributed by atoms with van der Waals surface area (Å²) in [7, 11) is 0. The zero-order valence-corrected chi connectivity index (χ0v) is 15.0. The highest BCUT2D eigenvalue weighted by atomic mass is 32.2. The number of fused-ring (bicyclic) bond motifs is 1. The van der Waals surface area contributed by atoms with Crippen LogP contribution in [0.25, 0.3) is 0 Å². The molecule has 4 heteroatoms. The van der Waals surface area contributed by atoms with Gasteiger partial charge < -0.3 is 4.74 Å². The van der Waals surface area contributed by atoms with E-state index < -0.39 is 0 Å². The van der Waals surface area contributed by atoms with Crippen LogP contribution in [-0.4, -0.2) is 33.6 Å². The predicted molar refractivity (Wildman–Crippen MR) is 89.4 cm³/mol. The third kappa shape index (κ3) is 3.38. The molecule has 0 radical (unpaired) electrons. The standard InChI is InChI=1S/C16H28O2S2/c1-6-13(19-5)14(17)15-18-12-9-10(2)7-8-11(12)16(3,4)20-15/h10-13,15H,6-9H2,1-5H3/t10-,11+,12-,13+,15-/m1/s1. The van der Waals surface area contributed by atoms with Crippen LogP contribution in [0.15, 0.2) is 0 Å². The molecule has 2 fully saturated rings. The molecule has 0 aromatic carbocycles. The molecular formula is C16H28O2S2. The van der Waals surface area contributed by atoms with Gasteiger partial charge in [0.25, 0.3) is 0 Å². The van der Waals surface area contributed by atoms with Gasteiger partial charge in [0.2, 0.25) is 0 Å². The van der Waals surface area contributed by atoms with Gasteiger partial charge in [-0.3, -0.25) is 4.79 Å². The molecule has 5 atom stereocenters. The Bertz CT molecular complexity index is 352. The lowest BCUT2D eigenvalue weighted by molar-refractivity contribution is -0.133. The van der Waals surface area contributed by atoms with E-state index in [0.717, 1.165) is 18.8 Å². The lowest BCUT2D eigenvalue weighted by atomic mass is 9.75. The summed E-state index contributed by atoms with van der Waals surface area (Å²) in [6, 6.07) is 0. The third-order valence-electron chi connectivity index (χ3n) is 4.86. The Kier molecular flexibility index (Phi) is 5.52. The van der Waals surface area contributed by atoms with Gasteiger partial charge in [0, 0.05) is 4.75 Å². The van der Waals surface area contributed by atoms with Gasteiger partial charge in [-0.1, -0.05) is 34.1 Å². The van der Waals surface area contributed by atoms with E-state index in [0.29, 0.717) is 5.92 Å². The van der Waals surface area contributed by atoms with Crippen LogP contribution in [0.3, 0.4) is 0 Å². The second-order valence-electron chi connectivity index (χ2n) is 6.79. The van der Waals surface area contributed by atoms with E-state index in [1.807, 2.05) is 6.26 Å². The molecule has 2 rings (SSSR count). The molecule has 1 heterocycles. The third-order valence-corrected chi connectivity index (χ3v) is 7.46. The molecule has 1 saturated heterocycles. The first-order valence-corrected chi connectivity index (χ1v) is 9.95. The minimum atomic E-state index is -0.256. The Morgan fingerprint density at radius 2 is 2.15 bits per heavy atom. The Morgan fingerprint density at radius 3 is 2.75 bits per heavy atom. The zero-order chi connectivity index (χ0) is 14.9. The molecule has 0 unspecified atom stereocenters. The fourth-order valence-electron chi connectivity index (χ4n) is 3.59. The highest BCUT2D eigenvalue weighted by Crippen LogP contribution is 2.50. The van der Waals surface area contributed by atoms with Crippen LogP contribution in [-0.2, 0) is 9.53 Å². The SMILES string of the molecule is CC[C@H](SC)C(=O)[C@@H]1O[C@@H]2C[C@H](C)CC[C@@H]2C(C)(C)S1. The first-order chi connectivity index (χ1) is 9.39. The van der Waals surface area contributed by atoms with Gasteiger partial charge in [-0.2, -0.15) is 11.8 Å². The summed E-state index contributed by atoms with van der Waals surface area (Å²) < 4.78 is 6.40. The molecule has 0 spiro atoms. The van der Waals surface area contributed by atoms with Gasteiger partial charge in [-0.15, -0.1) is 11.8 Å². The first kappa shape index (κ1) is 16.7. The second-order valence-corrected chi connectivity index (χ2v) is 9.54. The van der Waals surface area contributed by atoms with E-state index in [2.05, 4.69) is 27.7 Å². The van der Waals surface area contributed by atoms with E-state index in [1.54, 1.807) is 23.5 Å². The van der Waals surface area contributed by atoms with Crippen molar-refractivity contribution < 1.29 is 9.53 Å². The minimum absolute atomic E-state index is 0.0841. The van der Waals surface area contributed by atoms with Crippen LogP contribution in [0, 0.1) is 11.8 Å². The van der Waals surface area contributed by atoms with Gasteiger partial charge in [-0.05, 0) is 37.4 Å². The number of Topliss-reactive ketones (excluding diaryl/α,β-unsaturated/α-hetero) is 1. The second kappa shape index (κ2) is 6.62. The fourth-order valence-corrected chi connectivity index (χ4v) is 5.84. The van der Waals surface area contributed by atoms with E-state index in [1.165, 1.54) is 12.8 Å². The maximum atomic E-state index is 12.6. The summed E-state index contributed by atoms with van der Waals surface area (Å²) in [4.78, 5) is 12.6. The van der Waals surface area contributed by atoms with Gasteiger partial charge in [0.05, 0.1) is 11.4 Å². The average molecular weight is 317 g/mol. The van der Waals surface area contributed by atoms with Crippen molar-refractivity contribution in [3.63, 3.8) is 0 Å². The molecule has 0 amide bonds. The van der Waals surface area contributed by atoms with E-state index >= 15 is 0 Å². The molecule has 2 aliphatic rings. The molecule has 0 bridgehead atoms. The summed E-state index contributed by atoms with van der Waals surface area (Å²) in [5.74, 6) is 1.62. The van der Waals surface area contributed by atoms with Crippen molar-refractivity contribution in [1.29, 1.82) is 0 Å². The van der Waals surface area contributed by atoms with Crippen molar-refractivity contribution in [2.24, 2.45) is 11.8 Å². The first-order valence-electron chi connectivity index (χ1n) is 7.78. The molecule has 0 N–H and O–H groups in total. The maximum absolute atomic E-state index is 12.6. The average Bonchev–Trinajstić information content (AvgIpc) is 2.38. The predicted octanol–water partition coefficient (Wildman–Crippen LogP) is 4.37. The number of ketones is 1. The highest BCUT2D eigenvalue weighted by molar-refractivity contribution is 8.02. The van der Waals surface area contributed by atoms with Crippen molar-refractivity contribution >= 4 is 29.3 Å². The largest absolute Gasteiger partial charge is 0.356 e. The Morgan fingerprint density at radius 1 is 1.45 bits per heavy atom. The van der Waals surface area contributed by atoms with Crippen LogP contribution >= 0.6 is 23.5 Å². The normalized spacial score (nSPS) is 38.0. The molecule has 116 valence electrons. The lowest BCUT2D eigenvalue weighted by Crippen LogP contribution is -2.51. The van der Waals surface area contributed by atoms with E-state index in [4.69, 9.17) is 4.74 Å². The number of ether oxygens (including phenoxy) is 1. The molecule has 2 nitrogen and oxygen atoms in total. The number of carbonyl (C=O) groups excluding carboxylic acids is 1. The summed E-state index contributed by atoms with van der Waals surface area (Å²) in [6.45, 7) is 8.99. The molecule has 20 heavy (non-hydrogen) atoms. The number of hydrogen-bond donors (Lipinski definition) is 0. The fraction of sp³-hybridized carbons (Fsp3) is 0.938. The molecule has 1 aliphatic carbocycles. The summed E-state index contributed by atoms with van der Waals surface area (Å²) in [6.07, 6.45) is 6.86. The Hall–Kier alpha value is 0.330. The summed E-state index contributed by atoms with van der Waals surface area (Å²) in [5.41, 5.74) is -0.256. The monoisotopic (exact) mass is 316 g/mol. The van der Waals surface area contributed by atoms with Crippen LogP contribution in [0.5, 0.6) is 0 Å². The smallest absolute Gasteiger partial charge is 0.184 e. The molecular weight excluding hydrogens is 288 g/mol. The van der Waals surface area contributed by atoms with Crippen LogP contribution in [0.2, 0.25) is 0 Å². The Labute approximate surface area is 132 Å². The van der Waals surface area contributed by atoms with Gasteiger partial charge >= 0.3 is 0 Å². The summed E-state index contributed by atoms with van der Waals surface area (Å²) >= 11 is 3.42. The molecule has 1 saturated carbocycles. The molecule has 0 aromatic heterocycles. The van der Waals surface area contributed by atoms with Crippen molar-refractivity contribution in [2.45, 2.75) is 74.9 Å². The van der Waals surface area contributed by atoms with E-state index in [9.17, 15) is 4.79 Å². The minimum Gasteiger partial charge on any atom is -0.356 e. The topological polar surface area (TPSA) is 26.3 Å². The van der Waals surface area contributed by atoms with Crippen molar-refractivity contribution in [1.82, 2.24) is 0 Å². The number of rotatable bonds is 4. The van der Waals surface area contributed by atoms with E-state index in [-0.39, 0.29) is 27.3 Å². The van der Waals surface area contributed by atoms with Gasteiger partial charge in [-0.25, -0.2) is 0 Å². The van der Waals surface area contributed by atoms with Crippen LogP contribution in [0.1, 0.15) is 53.4 Å². The number of hydrogen-bond acceptors (Lipinski definition) is 4. The molecule has 1 aliphatic heterocycles. The van der Waals surface area contributed by atoms with Crippen molar-refractivity contribution in [3.05, 3.63) is 0 Å². The molecule has 0 aromatic rings. The number of carbonyl (C=O) groups is 1. The van der Waals surface area contributed by atoms with Gasteiger partial charge in [0.15, 0.2) is 11.2 Å². The maximum Gasteiger partial charge on any atom is 0.184 e. The number of thioether (sulfide) groups is 2. The van der Waals surface area contributed by atoms with Crippen molar-refractivity contribution in [3.8, 4) is 0 Å². The highest BCUT2D eigenvalue weighted by Gasteiger charge is 2.48. The summed E-state index contributed by atoms with van der Waals surface area (Å²) in [5, 5.41) is 0.0841. The quantitative estimate of drug-likeness (QED) is 0.769. The zero-order valence-electron chi connectivity index (χ0n) is 13.3. The van der Waals surface area contributed by atoms with Crippen LogP contribution in [0.4, 0.5) is 0 Å². The van der Waals surface area contributed by atoms with Gasteiger partial charge in [0.1, 0.15) is 0 Å². The lowest BCUT2D eigenvalue weighted by Gasteiger charge is -2.50.